The standard InChI is InChI=1S/C21H26O3.C17H15FN2O4/c1-3-4-5-6-7-16-23-19-14-10-18(11-15-19)21(22)24-20-12-8-17(2)9-13-20;18-14-4-2-1-3-12(14)9-15(21)20-13-7-5-11(6-8-13)17(24)19-10-16(22)23/h8-15H,3-7,16H2,1-2H3;1-8H,9-10H2,(H,19,24)(H,20,21)(H,22,23). The zero-order valence-electron chi connectivity index (χ0n) is 27.2. The van der Waals surface area contributed by atoms with Crippen LogP contribution >= 0.6 is 0 Å². The van der Waals surface area contributed by atoms with E-state index >= 15 is 0 Å². The molecular weight excluding hydrogens is 615 g/mol. The fourth-order valence-corrected chi connectivity index (χ4v) is 4.34. The summed E-state index contributed by atoms with van der Waals surface area (Å²) in [6, 6.07) is 26.5. The van der Waals surface area contributed by atoms with Crippen LogP contribution in [0.25, 0.3) is 0 Å². The molecule has 48 heavy (non-hydrogen) atoms. The van der Waals surface area contributed by atoms with E-state index in [4.69, 9.17) is 14.6 Å². The zero-order chi connectivity index (χ0) is 34.7. The molecule has 0 aromatic heterocycles. The number of hydrogen-bond donors (Lipinski definition) is 3. The van der Waals surface area contributed by atoms with Gasteiger partial charge in [0.05, 0.1) is 18.6 Å². The number of rotatable bonds is 15. The molecule has 4 aromatic carbocycles. The molecule has 3 N–H and O–H groups in total. The number of halogens is 1. The Hall–Kier alpha value is -5.51. The molecule has 2 amide bonds. The molecule has 4 aromatic rings. The summed E-state index contributed by atoms with van der Waals surface area (Å²) in [5.41, 5.74) is 2.66. The highest BCUT2D eigenvalue weighted by Crippen LogP contribution is 2.17. The van der Waals surface area contributed by atoms with Crippen molar-refractivity contribution >= 4 is 29.4 Å². The Bertz CT molecular complexity index is 1620. The Kier molecular flexibility index (Phi) is 15.3. The second kappa shape index (κ2) is 19.9. The van der Waals surface area contributed by atoms with Crippen molar-refractivity contribution in [3.8, 4) is 11.5 Å². The summed E-state index contributed by atoms with van der Waals surface area (Å²) in [7, 11) is 0. The van der Waals surface area contributed by atoms with Gasteiger partial charge in [0.1, 0.15) is 23.9 Å². The lowest BCUT2D eigenvalue weighted by atomic mass is 10.1. The maximum atomic E-state index is 13.5. The van der Waals surface area contributed by atoms with E-state index in [2.05, 4.69) is 17.6 Å². The number of anilines is 1. The third-order valence-electron chi connectivity index (χ3n) is 6.98. The molecule has 10 heteroatoms. The second-order valence-corrected chi connectivity index (χ2v) is 11.0. The van der Waals surface area contributed by atoms with Crippen molar-refractivity contribution in [3.05, 3.63) is 125 Å². The molecule has 252 valence electrons. The van der Waals surface area contributed by atoms with Crippen LogP contribution in [-0.4, -0.2) is 42.0 Å². The first-order valence-corrected chi connectivity index (χ1v) is 15.8. The number of ether oxygens (including phenoxy) is 2. The number of carbonyl (C=O) groups excluding carboxylic acids is 3. The van der Waals surface area contributed by atoms with Crippen LogP contribution in [0.2, 0.25) is 0 Å². The first-order chi connectivity index (χ1) is 23.1. The Labute approximate surface area is 280 Å². The van der Waals surface area contributed by atoms with Crippen LogP contribution in [0.5, 0.6) is 11.5 Å². The molecule has 9 nitrogen and oxygen atoms in total. The van der Waals surface area contributed by atoms with E-state index in [9.17, 15) is 23.6 Å². The molecule has 0 fully saturated rings. The lowest BCUT2D eigenvalue weighted by molar-refractivity contribution is -0.135. The molecule has 0 aliphatic rings. The minimum absolute atomic E-state index is 0.104. The normalized spacial score (nSPS) is 10.2. The number of aliphatic carboxylic acids is 1. The van der Waals surface area contributed by atoms with Gasteiger partial charge in [-0.05, 0) is 85.6 Å². The van der Waals surface area contributed by atoms with Gasteiger partial charge < -0.3 is 25.2 Å². The smallest absolute Gasteiger partial charge is 0.343 e. The van der Waals surface area contributed by atoms with Crippen LogP contribution in [0.4, 0.5) is 10.1 Å². The quantitative estimate of drug-likeness (QED) is 0.0691. The van der Waals surface area contributed by atoms with Gasteiger partial charge in [0.25, 0.3) is 5.91 Å². The maximum Gasteiger partial charge on any atom is 0.343 e. The van der Waals surface area contributed by atoms with Crippen LogP contribution < -0.4 is 20.1 Å². The SMILES string of the molecule is CCCCCCCOc1ccc(C(=O)Oc2ccc(C)cc2)cc1.O=C(O)CNC(=O)c1ccc(NC(=O)Cc2ccccc2F)cc1. The molecule has 0 atom stereocenters. The first kappa shape index (κ1) is 37.0. The summed E-state index contributed by atoms with van der Waals surface area (Å²) >= 11 is 0. The van der Waals surface area contributed by atoms with Crippen LogP contribution in [0, 0.1) is 12.7 Å². The van der Waals surface area contributed by atoms with Gasteiger partial charge >= 0.3 is 11.9 Å². The summed E-state index contributed by atoms with van der Waals surface area (Å²) < 4.78 is 24.5. The Morgan fingerprint density at radius 3 is 2.02 bits per heavy atom. The molecule has 0 saturated carbocycles. The molecule has 0 saturated heterocycles. The summed E-state index contributed by atoms with van der Waals surface area (Å²) in [5.74, 6) is -1.51. The fourth-order valence-electron chi connectivity index (χ4n) is 4.34. The maximum absolute atomic E-state index is 13.5. The number of esters is 1. The van der Waals surface area contributed by atoms with Gasteiger partial charge in [0.15, 0.2) is 0 Å². The molecular formula is C38H41FN2O7. The number of aryl methyl sites for hydroxylation is 1. The van der Waals surface area contributed by atoms with Gasteiger partial charge in [-0.2, -0.15) is 0 Å². The molecule has 0 unspecified atom stereocenters. The summed E-state index contributed by atoms with van der Waals surface area (Å²) in [6.07, 6.45) is 5.97. The van der Waals surface area contributed by atoms with E-state index in [0.717, 1.165) is 24.3 Å². The highest BCUT2D eigenvalue weighted by atomic mass is 19.1. The number of unbranched alkanes of at least 4 members (excludes halogenated alkanes) is 4. The number of nitrogens with one attached hydrogen (secondary N) is 2. The highest BCUT2D eigenvalue weighted by Gasteiger charge is 2.11. The van der Waals surface area contributed by atoms with Crippen LogP contribution in [0.15, 0.2) is 97.1 Å². The van der Waals surface area contributed by atoms with Gasteiger partial charge in [-0.3, -0.25) is 14.4 Å². The lowest BCUT2D eigenvalue weighted by Gasteiger charge is -2.08. The van der Waals surface area contributed by atoms with Crippen LogP contribution in [0.3, 0.4) is 0 Å². The van der Waals surface area contributed by atoms with Gasteiger partial charge in [-0.15, -0.1) is 0 Å². The van der Waals surface area contributed by atoms with Crippen molar-refractivity contribution < 1.29 is 38.1 Å². The number of carbonyl (C=O) groups is 4. The van der Waals surface area contributed by atoms with E-state index in [1.54, 1.807) is 36.4 Å². The van der Waals surface area contributed by atoms with Gasteiger partial charge in [0.2, 0.25) is 5.91 Å². The van der Waals surface area contributed by atoms with E-state index in [-0.39, 0.29) is 23.9 Å². The number of amides is 2. The minimum atomic E-state index is -1.14. The third kappa shape index (κ3) is 13.5. The lowest BCUT2D eigenvalue weighted by Crippen LogP contribution is -2.29. The zero-order valence-corrected chi connectivity index (χ0v) is 27.2. The van der Waals surface area contributed by atoms with Gasteiger partial charge in [-0.1, -0.05) is 68.5 Å². The van der Waals surface area contributed by atoms with E-state index in [1.165, 1.54) is 62.1 Å². The monoisotopic (exact) mass is 656 g/mol. The molecule has 4 rings (SSSR count). The topological polar surface area (TPSA) is 131 Å². The minimum Gasteiger partial charge on any atom is -0.494 e. The Morgan fingerprint density at radius 1 is 0.750 bits per heavy atom. The van der Waals surface area contributed by atoms with E-state index in [1.807, 2.05) is 31.2 Å². The predicted octanol–water partition coefficient (Wildman–Crippen LogP) is 7.38. The molecule has 0 radical (unpaired) electrons. The molecule has 0 bridgehead atoms. The van der Waals surface area contributed by atoms with Crippen molar-refractivity contribution in [2.45, 2.75) is 52.4 Å². The molecule has 0 heterocycles. The third-order valence-corrected chi connectivity index (χ3v) is 6.98. The van der Waals surface area contributed by atoms with Crippen LogP contribution in [-0.2, 0) is 16.0 Å². The number of carboxylic acids is 1. The van der Waals surface area contributed by atoms with Crippen LogP contribution in [0.1, 0.15) is 70.9 Å². The Morgan fingerprint density at radius 2 is 1.38 bits per heavy atom. The van der Waals surface area contributed by atoms with Gasteiger partial charge in [-0.25, -0.2) is 9.18 Å². The summed E-state index contributed by atoms with van der Waals surface area (Å²) in [4.78, 5) is 46.1. The van der Waals surface area contributed by atoms with E-state index in [0.29, 0.717) is 22.6 Å². The number of benzene rings is 4. The van der Waals surface area contributed by atoms with Crippen molar-refractivity contribution in [3.63, 3.8) is 0 Å². The fraction of sp³-hybridized carbons (Fsp3) is 0.263. The molecule has 0 aliphatic carbocycles. The molecule has 0 aliphatic heterocycles. The van der Waals surface area contributed by atoms with Crippen molar-refractivity contribution in [2.24, 2.45) is 0 Å². The molecule has 0 spiro atoms. The average molecular weight is 657 g/mol. The average Bonchev–Trinajstić information content (AvgIpc) is 3.08. The largest absolute Gasteiger partial charge is 0.494 e. The second-order valence-electron chi connectivity index (χ2n) is 11.0. The highest BCUT2D eigenvalue weighted by molar-refractivity contribution is 5.97. The number of hydrogen-bond acceptors (Lipinski definition) is 6. The summed E-state index contributed by atoms with van der Waals surface area (Å²) in [5, 5.41) is 13.3. The van der Waals surface area contributed by atoms with Gasteiger partial charge in [0, 0.05) is 11.3 Å². The number of carboxylic acid groups (broad SMARTS) is 1. The van der Waals surface area contributed by atoms with Crippen molar-refractivity contribution in [1.29, 1.82) is 0 Å². The summed E-state index contributed by atoms with van der Waals surface area (Å²) in [6.45, 7) is 4.45. The van der Waals surface area contributed by atoms with E-state index < -0.39 is 24.2 Å². The van der Waals surface area contributed by atoms with Crippen molar-refractivity contribution in [2.75, 3.05) is 18.5 Å². The predicted molar refractivity (Wildman–Crippen MR) is 182 cm³/mol. The first-order valence-electron chi connectivity index (χ1n) is 15.8. The van der Waals surface area contributed by atoms with Crippen molar-refractivity contribution in [1.82, 2.24) is 5.32 Å². The Balaban J connectivity index is 0.000000260.